The monoisotopic (exact) mass is 505 g/mol. The standard InChI is InChI=1S/C26H20F5NO4/c27-20-11-14(12-21(28)23(20)26(29,30)31)9-10-22(24(33)34)32-25(35)36-13-19-17-7-3-1-5-15(17)16-6-2-4-8-18(16)19/h1-8,11-12,19,22H,9-10,13H2,(H,32,35)(H,33,34)/t22-/m1/s1. The molecule has 0 aliphatic heterocycles. The van der Waals surface area contributed by atoms with Crippen molar-refractivity contribution < 1.29 is 41.4 Å². The number of carbonyl (C=O) groups excluding carboxylic acids is 1. The minimum atomic E-state index is -5.21. The maximum Gasteiger partial charge on any atom is 0.422 e. The van der Waals surface area contributed by atoms with Crippen LogP contribution in [0, 0.1) is 11.6 Å². The SMILES string of the molecule is O=C(N[C@H](CCc1cc(F)c(C(F)(F)F)c(F)c1)C(=O)O)OCC1c2ccccc2-c2ccccc21. The number of ether oxygens (including phenoxy) is 1. The number of alkyl carbamates (subject to hydrolysis) is 1. The molecule has 0 fully saturated rings. The van der Waals surface area contributed by atoms with E-state index in [0.717, 1.165) is 22.3 Å². The van der Waals surface area contributed by atoms with Crippen molar-refractivity contribution in [2.24, 2.45) is 0 Å². The van der Waals surface area contributed by atoms with Gasteiger partial charge in [-0.3, -0.25) is 0 Å². The average molecular weight is 505 g/mol. The number of aryl methyl sites for hydroxylation is 1. The van der Waals surface area contributed by atoms with Gasteiger partial charge in [-0.05, 0) is 52.8 Å². The fourth-order valence-corrected chi connectivity index (χ4v) is 4.39. The topological polar surface area (TPSA) is 75.6 Å². The summed E-state index contributed by atoms with van der Waals surface area (Å²) in [5.74, 6) is -5.27. The number of carboxylic acids is 1. The highest BCUT2D eigenvalue weighted by Gasteiger charge is 2.38. The first-order chi connectivity index (χ1) is 17.1. The molecule has 0 aromatic heterocycles. The van der Waals surface area contributed by atoms with Gasteiger partial charge < -0.3 is 15.2 Å². The van der Waals surface area contributed by atoms with Crippen LogP contribution in [0.3, 0.4) is 0 Å². The Hall–Kier alpha value is -3.95. The third kappa shape index (κ3) is 5.17. The van der Waals surface area contributed by atoms with Crippen LogP contribution in [0.2, 0.25) is 0 Å². The molecule has 3 aromatic rings. The Labute approximate surface area is 202 Å². The average Bonchev–Trinajstić information content (AvgIpc) is 3.12. The molecule has 0 saturated carbocycles. The second-order valence-corrected chi connectivity index (χ2v) is 8.33. The maximum atomic E-state index is 13.8. The van der Waals surface area contributed by atoms with E-state index in [1.54, 1.807) is 0 Å². The highest BCUT2D eigenvalue weighted by atomic mass is 19.4. The molecule has 36 heavy (non-hydrogen) atoms. The van der Waals surface area contributed by atoms with Crippen LogP contribution in [0.15, 0.2) is 60.7 Å². The van der Waals surface area contributed by atoms with Gasteiger partial charge in [0.2, 0.25) is 0 Å². The van der Waals surface area contributed by atoms with Crippen LogP contribution in [0.25, 0.3) is 11.1 Å². The van der Waals surface area contributed by atoms with Crippen molar-refractivity contribution in [3.63, 3.8) is 0 Å². The zero-order valence-corrected chi connectivity index (χ0v) is 18.6. The molecule has 10 heteroatoms. The van der Waals surface area contributed by atoms with Gasteiger partial charge in [0.25, 0.3) is 0 Å². The van der Waals surface area contributed by atoms with E-state index < -0.39 is 41.5 Å². The van der Waals surface area contributed by atoms with Crippen LogP contribution in [0.1, 0.15) is 34.6 Å². The van der Waals surface area contributed by atoms with Gasteiger partial charge in [-0.1, -0.05) is 48.5 Å². The molecule has 0 radical (unpaired) electrons. The Morgan fingerprint density at radius 2 is 1.47 bits per heavy atom. The summed E-state index contributed by atoms with van der Waals surface area (Å²) in [5, 5.41) is 11.6. The molecule has 1 aliphatic rings. The van der Waals surface area contributed by atoms with Gasteiger partial charge in [0.1, 0.15) is 29.8 Å². The van der Waals surface area contributed by atoms with Gasteiger partial charge in [-0.2, -0.15) is 13.2 Å². The second-order valence-electron chi connectivity index (χ2n) is 8.33. The molecule has 2 N–H and O–H groups in total. The number of benzene rings is 3. The Morgan fingerprint density at radius 3 is 1.97 bits per heavy atom. The number of rotatable bonds is 7. The molecule has 0 heterocycles. The summed E-state index contributed by atoms with van der Waals surface area (Å²) in [6, 6.07) is 14.8. The van der Waals surface area contributed by atoms with Crippen LogP contribution in [0.5, 0.6) is 0 Å². The predicted molar refractivity (Wildman–Crippen MR) is 119 cm³/mol. The number of fused-ring (bicyclic) bond motifs is 3. The molecule has 188 valence electrons. The number of nitrogens with one attached hydrogen (secondary N) is 1. The molecule has 0 saturated heterocycles. The predicted octanol–water partition coefficient (Wildman–Crippen LogP) is 5.91. The van der Waals surface area contributed by atoms with Gasteiger partial charge >= 0.3 is 18.2 Å². The summed E-state index contributed by atoms with van der Waals surface area (Å²) in [6.07, 6.45) is -6.84. The lowest BCUT2D eigenvalue weighted by Gasteiger charge is -2.18. The molecular weight excluding hydrogens is 485 g/mol. The van der Waals surface area contributed by atoms with E-state index in [4.69, 9.17) is 4.74 Å². The number of carboxylic acid groups (broad SMARTS) is 1. The Morgan fingerprint density at radius 1 is 0.944 bits per heavy atom. The Kier molecular flexibility index (Phi) is 6.96. The van der Waals surface area contributed by atoms with Crippen molar-refractivity contribution in [1.82, 2.24) is 5.32 Å². The van der Waals surface area contributed by atoms with Crippen LogP contribution in [-0.2, 0) is 22.1 Å². The van der Waals surface area contributed by atoms with Crippen LogP contribution < -0.4 is 5.32 Å². The molecular formula is C26H20F5NO4. The van der Waals surface area contributed by atoms with E-state index >= 15 is 0 Å². The summed E-state index contributed by atoms with van der Waals surface area (Å²) in [5.41, 5.74) is 1.76. The Bertz CT molecular complexity index is 1240. The first kappa shape index (κ1) is 25.2. The molecule has 1 atom stereocenters. The van der Waals surface area contributed by atoms with Crippen molar-refractivity contribution in [3.8, 4) is 11.1 Å². The minimum Gasteiger partial charge on any atom is -0.480 e. The summed E-state index contributed by atoms with van der Waals surface area (Å²) < 4.78 is 71.1. The van der Waals surface area contributed by atoms with E-state index in [-0.39, 0.29) is 30.9 Å². The number of hydrogen-bond donors (Lipinski definition) is 2. The molecule has 0 unspecified atom stereocenters. The normalized spacial score (nSPS) is 13.6. The zero-order chi connectivity index (χ0) is 26.0. The first-order valence-corrected chi connectivity index (χ1v) is 11.0. The van der Waals surface area contributed by atoms with Gasteiger partial charge in [-0.25, -0.2) is 18.4 Å². The van der Waals surface area contributed by atoms with Crippen molar-refractivity contribution in [1.29, 1.82) is 0 Å². The number of amides is 1. The van der Waals surface area contributed by atoms with E-state index in [1.807, 2.05) is 48.5 Å². The lowest BCUT2D eigenvalue weighted by Crippen LogP contribution is -2.41. The number of alkyl halides is 3. The van der Waals surface area contributed by atoms with E-state index in [0.29, 0.717) is 12.1 Å². The second kappa shape index (κ2) is 9.96. The van der Waals surface area contributed by atoms with Gasteiger partial charge in [0.05, 0.1) is 0 Å². The zero-order valence-electron chi connectivity index (χ0n) is 18.6. The lowest BCUT2D eigenvalue weighted by atomic mass is 9.98. The molecule has 3 aromatic carbocycles. The fourth-order valence-electron chi connectivity index (χ4n) is 4.39. The molecule has 1 amide bonds. The Balaban J connectivity index is 1.39. The van der Waals surface area contributed by atoms with Crippen molar-refractivity contribution in [2.75, 3.05) is 6.61 Å². The number of carbonyl (C=O) groups is 2. The number of halogens is 5. The van der Waals surface area contributed by atoms with Gasteiger partial charge in [0.15, 0.2) is 0 Å². The van der Waals surface area contributed by atoms with Crippen LogP contribution in [0.4, 0.5) is 26.7 Å². The quantitative estimate of drug-likeness (QED) is 0.392. The highest BCUT2D eigenvalue weighted by Crippen LogP contribution is 2.44. The minimum absolute atomic E-state index is 0.0540. The number of hydrogen-bond acceptors (Lipinski definition) is 3. The summed E-state index contributed by atoms with van der Waals surface area (Å²) >= 11 is 0. The van der Waals surface area contributed by atoms with E-state index in [9.17, 15) is 36.6 Å². The molecule has 4 rings (SSSR count). The molecule has 0 bridgehead atoms. The number of aliphatic carboxylic acids is 1. The lowest BCUT2D eigenvalue weighted by molar-refractivity contribution is -0.142. The van der Waals surface area contributed by atoms with Crippen LogP contribution >= 0.6 is 0 Å². The summed E-state index contributed by atoms with van der Waals surface area (Å²) in [4.78, 5) is 24.0. The summed E-state index contributed by atoms with van der Waals surface area (Å²) in [7, 11) is 0. The largest absolute Gasteiger partial charge is 0.480 e. The van der Waals surface area contributed by atoms with Crippen LogP contribution in [-0.4, -0.2) is 29.8 Å². The maximum absolute atomic E-state index is 13.8. The fraction of sp³-hybridized carbons (Fsp3) is 0.231. The van der Waals surface area contributed by atoms with Crippen molar-refractivity contribution in [3.05, 3.63) is 94.6 Å². The third-order valence-corrected chi connectivity index (χ3v) is 6.04. The van der Waals surface area contributed by atoms with Crippen molar-refractivity contribution in [2.45, 2.75) is 31.0 Å². The smallest absolute Gasteiger partial charge is 0.422 e. The molecule has 5 nitrogen and oxygen atoms in total. The summed E-state index contributed by atoms with van der Waals surface area (Å²) in [6.45, 7) is -0.0540. The molecule has 1 aliphatic carbocycles. The van der Waals surface area contributed by atoms with Gasteiger partial charge in [0, 0.05) is 5.92 Å². The van der Waals surface area contributed by atoms with E-state index in [2.05, 4.69) is 5.32 Å². The molecule has 0 spiro atoms. The van der Waals surface area contributed by atoms with Crippen molar-refractivity contribution >= 4 is 12.1 Å². The van der Waals surface area contributed by atoms with Gasteiger partial charge in [-0.15, -0.1) is 0 Å². The third-order valence-electron chi connectivity index (χ3n) is 6.04. The first-order valence-electron chi connectivity index (χ1n) is 11.0. The van der Waals surface area contributed by atoms with E-state index in [1.165, 1.54) is 0 Å². The highest BCUT2D eigenvalue weighted by molar-refractivity contribution is 5.81.